The van der Waals surface area contributed by atoms with E-state index in [1.165, 1.54) is 7.11 Å². The molecule has 0 bridgehead atoms. The topological polar surface area (TPSA) is 106 Å². The van der Waals surface area contributed by atoms with E-state index in [1.807, 2.05) is 6.07 Å². The van der Waals surface area contributed by atoms with Gasteiger partial charge in [0.2, 0.25) is 5.82 Å². The Hall–Kier alpha value is -3.00. The van der Waals surface area contributed by atoms with Gasteiger partial charge in [-0.1, -0.05) is 17.3 Å². The number of hydrogen-bond acceptors (Lipinski definition) is 7. The zero-order valence-corrected chi connectivity index (χ0v) is 13.7. The van der Waals surface area contributed by atoms with Crippen LogP contribution < -0.4 is 5.32 Å². The number of rotatable bonds is 4. The van der Waals surface area contributed by atoms with Gasteiger partial charge in [-0.3, -0.25) is 5.10 Å². The van der Waals surface area contributed by atoms with Crippen molar-refractivity contribution < 1.29 is 14.1 Å². The molecule has 0 aliphatic carbocycles. The molecular formula is C17H17N5O3. The van der Waals surface area contributed by atoms with Crippen molar-refractivity contribution in [3.8, 4) is 23.0 Å². The first-order chi connectivity index (χ1) is 12.2. The van der Waals surface area contributed by atoms with Gasteiger partial charge in [0.05, 0.1) is 12.7 Å². The summed E-state index contributed by atoms with van der Waals surface area (Å²) in [7, 11) is 1.35. The number of aromatic nitrogens is 4. The maximum atomic E-state index is 11.5. The molecule has 8 heteroatoms. The quantitative estimate of drug-likeness (QED) is 0.700. The third-order valence-corrected chi connectivity index (χ3v) is 4.31. The molecule has 2 aromatic heterocycles. The number of ether oxygens (including phenoxy) is 1. The monoisotopic (exact) mass is 339 g/mol. The van der Waals surface area contributed by atoms with Gasteiger partial charge in [0.1, 0.15) is 0 Å². The van der Waals surface area contributed by atoms with Gasteiger partial charge in [-0.2, -0.15) is 10.1 Å². The van der Waals surface area contributed by atoms with E-state index < -0.39 is 0 Å². The van der Waals surface area contributed by atoms with Gasteiger partial charge in [-0.05, 0) is 31.2 Å². The van der Waals surface area contributed by atoms with Crippen molar-refractivity contribution in [1.82, 2.24) is 25.7 Å². The summed E-state index contributed by atoms with van der Waals surface area (Å²) in [5.74, 6) is 0.860. The predicted molar refractivity (Wildman–Crippen MR) is 88.9 cm³/mol. The smallest absolute Gasteiger partial charge is 0.337 e. The van der Waals surface area contributed by atoms with E-state index in [1.54, 1.807) is 24.3 Å². The average molecular weight is 339 g/mol. The molecule has 1 aromatic carbocycles. The van der Waals surface area contributed by atoms with Crippen LogP contribution in [0.2, 0.25) is 0 Å². The van der Waals surface area contributed by atoms with Crippen molar-refractivity contribution >= 4 is 5.97 Å². The fraction of sp³-hybridized carbons (Fsp3) is 0.294. The summed E-state index contributed by atoms with van der Waals surface area (Å²) in [5, 5.41) is 14.7. The first kappa shape index (κ1) is 15.5. The van der Waals surface area contributed by atoms with Crippen LogP contribution in [-0.4, -0.2) is 46.5 Å². The van der Waals surface area contributed by atoms with E-state index in [2.05, 4.69) is 30.4 Å². The summed E-state index contributed by atoms with van der Waals surface area (Å²) in [6, 6.07) is 8.78. The molecule has 0 radical (unpaired) electrons. The van der Waals surface area contributed by atoms with Gasteiger partial charge in [0, 0.05) is 23.7 Å². The highest BCUT2D eigenvalue weighted by atomic mass is 16.5. The standard InChI is InChI=1S/C17H17N5O3/c1-24-17(23)11-4-2-10(3-5-11)15-19-16(25-22-15)14-8-13(20-21-14)12-6-7-18-9-12/h2-5,8,12,18H,6-7,9H2,1H3,(H,20,21). The van der Waals surface area contributed by atoms with Crippen molar-refractivity contribution in [3.05, 3.63) is 41.6 Å². The fourth-order valence-corrected chi connectivity index (χ4v) is 2.89. The van der Waals surface area contributed by atoms with Crippen molar-refractivity contribution in [2.45, 2.75) is 12.3 Å². The number of esters is 1. The zero-order chi connectivity index (χ0) is 17.2. The lowest BCUT2D eigenvalue weighted by molar-refractivity contribution is 0.0601. The molecule has 2 N–H and O–H groups in total. The number of H-pyrrole nitrogens is 1. The van der Waals surface area contributed by atoms with Gasteiger partial charge in [0.25, 0.3) is 5.89 Å². The summed E-state index contributed by atoms with van der Waals surface area (Å²) in [6.45, 7) is 1.97. The molecule has 1 aliphatic heterocycles. The van der Waals surface area contributed by atoms with Gasteiger partial charge < -0.3 is 14.6 Å². The maximum absolute atomic E-state index is 11.5. The molecule has 4 rings (SSSR count). The minimum absolute atomic E-state index is 0.362. The summed E-state index contributed by atoms with van der Waals surface area (Å²) < 4.78 is 10.0. The van der Waals surface area contributed by atoms with E-state index >= 15 is 0 Å². The summed E-state index contributed by atoms with van der Waals surface area (Å²) in [4.78, 5) is 15.9. The van der Waals surface area contributed by atoms with Gasteiger partial charge in [-0.15, -0.1) is 0 Å². The number of aromatic amines is 1. The van der Waals surface area contributed by atoms with Crippen molar-refractivity contribution in [2.75, 3.05) is 20.2 Å². The third kappa shape index (κ3) is 3.03. The second kappa shape index (κ2) is 6.48. The molecule has 3 heterocycles. The lowest BCUT2D eigenvalue weighted by Gasteiger charge is -2.02. The minimum Gasteiger partial charge on any atom is -0.465 e. The lowest BCUT2D eigenvalue weighted by atomic mass is 10.1. The SMILES string of the molecule is COC(=O)c1ccc(-c2noc(-c3cc(C4CCNC4)[nH]n3)n2)cc1. The molecule has 3 aromatic rings. The molecule has 0 spiro atoms. The van der Waals surface area contributed by atoms with Crippen LogP contribution in [-0.2, 0) is 4.74 Å². The van der Waals surface area contributed by atoms with Crippen molar-refractivity contribution in [3.63, 3.8) is 0 Å². The highest BCUT2D eigenvalue weighted by molar-refractivity contribution is 5.89. The second-order valence-corrected chi connectivity index (χ2v) is 5.89. The van der Waals surface area contributed by atoms with Gasteiger partial charge >= 0.3 is 5.97 Å². The Bertz CT molecular complexity index is 878. The number of hydrogen-bond donors (Lipinski definition) is 2. The van der Waals surface area contributed by atoms with Crippen molar-refractivity contribution in [2.24, 2.45) is 0 Å². The van der Waals surface area contributed by atoms with Gasteiger partial charge in [-0.25, -0.2) is 4.79 Å². The number of nitrogens with one attached hydrogen (secondary N) is 2. The summed E-state index contributed by atoms with van der Waals surface area (Å²) >= 11 is 0. The molecule has 1 unspecified atom stereocenters. The van der Waals surface area contributed by atoms with E-state index in [4.69, 9.17) is 4.52 Å². The van der Waals surface area contributed by atoms with Crippen LogP contribution in [0.1, 0.15) is 28.4 Å². The molecule has 8 nitrogen and oxygen atoms in total. The number of carbonyl (C=O) groups is 1. The lowest BCUT2D eigenvalue weighted by Crippen LogP contribution is -2.08. The second-order valence-electron chi connectivity index (χ2n) is 5.89. The predicted octanol–water partition coefficient (Wildman–Crippen LogP) is 1.99. The van der Waals surface area contributed by atoms with Crippen LogP contribution in [0, 0.1) is 0 Å². The van der Waals surface area contributed by atoms with Crippen LogP contribution >= 0.6 is 0 Å². The Labute approximate surface area is 143 Å². The largest absolute Gasteiger partial charge is 0.465 e. The molecule has 25 heavy (non-hydrogen) atoms. The number of benzene rings is 1. The molecule has 1 saturated heterocycles. The van der Waals surface area contributed by atoms with Crippen LogP contribution in [0.4, 0.5) is 0 Å². The van der Waals surface area contributed by atoms with E-state index in [0.717, 1.165) is 30.8 Å². The van der Waals surface area contributed by atoms with Crippen molar-refractivity contribution in [1.29, 1.82) is 0 Å². The normalized spacial score (nSPS) is 16.9. The number of carbonyl (C=O) groups excluding carboxylic acids is 1. The van der Waals surface area contributed by atoms with E-state index in [-0.39, 0.29) is 5.97 Å². The van der Waals surface area contributed by atoms with Crippen LogP contribution in [0.25, 0.3) is 23.0 Å². The first-order valence-corrected chi connectivity index (χ1v) is 8.03. The summed E-state index contributed by atoms with van der Waals surface area (Å²) in [6.07, 6.45) is 1.09. The van der Waals surface area contributed by atoms with Crippen LogP contribution in [0.3, 0.4) is 0 Å². The molecule has 1 fully saturated rings. The van der Waals surface area contributed by atoms with Crippen LogP contribution in [0.5, 0.6) is 0 Å². The third-order valence-electron chi connectivity index (χ3n) is 4.31. The highest BCUT2D eigenvalue weighted by Gasteiger charge is 2.21. The average Bonchev–Trinajstić information content (AvgIpc) is 3.41. The van der Waals surface area contributed by atoms with E-state index in [9.17, 15) is 4.79 Å². The first-order valence-electron chi connectivity index (χ1n) is 8.03. The molecule has 128 valence electrons. The Morgan fingerprint density at radius 3 is 2.88 bits per heavy atom. The summed E-state index contributed by atoms with van der Waals surface area (Å²) in [5.41, 5.74) is 2.92. The molecule has 1 aliphatic rings. The van der Waals surface area contributed by atoms with Crippen LogP contribution in [0.15, 0.2) is 34.9 Å². The molecule has 1 atom stereocenters. The molecule has 0 amide bonds. The Morgan fingerprint density at radius 1 is 1.32 bits per heavy atom. The Kier molecular flexibility index (Phi) is 4.02. The maximum Gasteiger partial charge on any atom is 0.337 e. The number of methoxy groups -OCH3 is 1. The Morgan fingerprint density at radius 2 is 2.16 bits per heavy atom. The molecule has 0 saturated carbocycles. The van der Waals surface area contributed by atoms with Gasteiger partial charge in [0.15, 0.2) is 5.69 Å². The zero-order valence-electron chi connectivity index (χ0n) is 13.7. The minimum atomic E-state index is -0.384. The number of nitrogens with zero attached hydrogens (tertiary/aromatic N) is 3. The highest BCUT2D eigenvalue weighted by Crippen LogP contribution is 2.26. The molecular weight excluding hydrogens is 322 g/mol. The Balaban J connectivity index is 1.54. The van der Waals surface area contributed by atoms with E-state index in [0.29, 0.717) is 28.9 Å². The fourth-order valence-electron chi connectivity index (χ4n) is 2.89.